The Labute approximate surface area is 160 Å². The second kappa shape index (κ2) is 8.39. The Morgan fingerprint density at radius 3 is 2.48 bits per heavy atom. The molecule has 3 aromatic rings. The number of carbonyl (C=O) groups excluding carboxylic acids is 1. The van der Waals surface area contributed by atoms with Crippen LogP contribution in [0, 0.1) is 0 Å². The topological polar surface area (TPSA) is 38.3 Å². The van der Waals surface area contributed by atoms with E-state index in [1.165, 1.54) is 0 Å². The zero-order valence-corrected chi connectivity index (χ0v) is 15.7. The Kier molecular flexibility index (Phi) is 5.96. The monoisotopic (exact) mass is 387 g/mol. The van der Waals surface area contributed by atoms with E-state index in [-0.39, 0.29) is 5.91 Å². The zero-order valence-electron chi connectivity index (χ0n) is 14.9. The van der Waals surface area contributed by atoms with Gasteiger partial charge in [-0.05, 0) is 47.5 Å². The van der Waals surface area contributed by atoms with Crippen LogP contribution in [0.4, 0.5) is 14.5 Å². The zero-order chi connectivity index (χ0) is 19.4. The van der Waals surface area contributed by atoms with Gasteiger partial charge in [-0.2, -0.15) is 8.78 Å². The van der Waals surface area contributed by atoms with Crippen molar-refractivity contribution >= 4 is 34.1 Å². The molecule has 0 aliphatic carbocycles. The molecule has 0 aromatic heterocycles. The van der Waals surface area contributed by atoms with Gasteiger partial charge in [0.05, 0.1) is 18.7 Å². The lowest BCUT2D eigenvalue weighted by molar-refractivity contribution is -0.117. The first-order chi connectivity index (χ1) is 13.0. The fraction of sp³-hybridized carbons (Fsp3) is 0.190. The molecular weight excluding hydrogens is 368 g/mol. The number of fused-ring (bicyclic) bond motifs is 1. The van der Waals surface area contributed by atoms with Crippen molar-refractivity contribution in [3.8, 4) is 5.75 Å². The predicted molar refractivity (Wildman–Crippen MR) is 106 cm³/mol. The van der Waals surface area contributed by atoms with Crippen LogP contribution in [0.5, 0.6) is 5.75 Å². The molecule has 0 fully saturated rings. The van der Waals surface area contributed by atoms with Gasteiger partial charge in [-0.15, -0.1) is 0 Å². The summed E-state index contributed by atoms with van der Waals surface area (Å²) in [7, 11) is 1.62. The highest BCUT2D eigenvalue weighted by atomic mass is 32.2. The number of alkyl halides is 2. The van der Waals surface area contributed by atoms with E-state index in [9.17, 15) is 13.6 Å². The van der Waals surface area contributed by atoms with Crippen molar-refractivity contribution in [3.63, 3.8) is 0 Å². The molecule has 3 nitrogen and oxygen atoms in total. The second-order valence-electron chi connectivity index (χ2n) is 6.06. The van der Waals surface area contributed by atoms with E-state index in [0.29, 0.717) is 22.3 Å². The number of hydrogen-bond donors (Lipinski definition) is 1. The number of halogens is 2. The van der Waals surface area contributed by atoms with Crippen LogP contribution >= 0.6 is 11.8 Å². The summed E-state index contributed by atoms with van der Waals surface area (Å²) in [6.07, 6.45) is 0. The van der Waals surface area contributed by atoms with E-state index in [1.807, 2.05) is 36.4 Å². The summed E-state index contributed by atoms with van der Waals surface area (Å²) in [4.78, 5) is 13.0. The number of amides is 1. The van der Waals surface area contributed by atoms with Gasteiger partial charge >= 0.3 is 0 Å². The fourth-order valence-electron chi connectivity index (χ4n) is 2.80. The molecule has 0 saturated carbocycles. The van der Waals surface area contributed by atoms with Gasteiger partial charge in [-0.25, -0.2) is 0 Å². The summed E-state index contributed by atoms with van der Waals surface area (Å²) in [6.45, 7) is 1.79. The summed E-state index contributed by atoms with van der Waals surface area (Å²) < 4.78 is 30.6. The first-order valence-corrected chi connectivity index (χ1v) is 9.28. The largest absolute Gasteiger partial charge is 0.497 e. The third kappa shape index (κ3) is 4.57. The molecule has 0 heterocycles. The average molecular weight is 387 g/mol. The molecule has 3 rings (SSSR count). The minimum absolute atomic E-state index is 0.245. The summed E-state index contributed by atoms with van der Waals surface area (Å²) >= 11 is 0.420. The summed E-state index contributed by atoms with van der Waals surface area (Å²) in [5.74, 6) is -2.45. The van der Waals surface area contributed by atoms with Crippen LogP contribution in [-0.2, 0) is 4.79 Å². The van der Waals surface area contributed by atoms with Crippen LogP contribution in [0.25, 0.3) is 10.8 Å². The van der Waals surface area contributed by atoms with Crippen molar-refractivity contribution in [2.45, 2.75) is 23.5 Å². The van der Waals surface area contributed by atoms with Crippen molar-refractivity contribution in [2.24, 2.45) is 0 Å². The van der Waals surface area contributed by atoms with Gasteiger partial charge < -0.3 is 10.1 Å². The maximum absolute atomic E-state index is 12.7. The van der Waals surface area contributed by atoms with Crippen molar-refractivity contribution in [3.05, 3.63) is 66.2 Å². The minimum Gasteiger partial charge on any atom is -0.497 e. The highest BCUT2D eigenvalue weighted by Crippen LogP contribution is 2.32. The first-order valence-electron chi connectivity index (χ1n) is 8.40. The second-order valence-corrected chi connectivity index (χ2v) is 7.09. The van der Waals surface area contributed by atoms with Crippen molar-refractivity contribution < 1.29 is 18.3 Å². The van der Waals surface area contributed by atoms with Crippen LogP contribution in [0.15, 0.2) is 65.6 Å². The Balaban J connectivity index is 1.80. The minimum atomic E-state index is -2.54. The SMILES string of the molecule is COc1ccc2cc(C(C)C(=O)Nc3ccccc3SC(F)F)ccc2c1. The van der Waals surface area contributed by atoms with E-state index in [0.717, 1.165) is 22.1 Å². The molecule has 0 saturated heterocycles. The first kappa shape index (κ1) is 19.2. The average Bonchev–Trinajstić information content (AvgIpc) is 2.67. The molecule has 0 radical (unpaired) electrons. The number of ether oxygens (including phenoxy) is 1. The van der Waals surface area contributed by atoms with Gasteiger partial charge in [0.2, 0.25) is 5.91 Å². The number of para-hydroxylation sites is 1. The molecule has 0 bridgehead atoms. The number of hydrogen-bond acceptors (Lipinski definition) is 3. The van der Waals surface area contributed by atoms with Gasteiger partial charge in [0.1, 0.15) is 5.75 Å². The molecule has 0 aliphatic heterocycles. The third-order valence-electron chi connectivity index (χ3n) is 4.33. The molecule has 0 spiro atoms. The van der Waals surface area contributed by atoms with Gasteiger partial charge in [0.25, 0.3) is 5.76 Å². The number of thioether (sulfide) groups is 1. The van der Waals surface area contributed by atoms with E-state index >= 15 is 0 Å². The molecule has 6 heteroatoms. The maximum atomic E-state index is 12.7. The van der Waals surface area contributed by atoms with Gasteiger partial charge in [-0.1, -0.05) is 48.2 Å². The number of carbonyl (C=O) groups is 1. The van der Waals surface area contributed by atoms with Crippen LogP contribution < -0.4 is 10.1 Å². The van der Waals surface area contributed by atoms with Crippen molar-refractivity contribution in [2.75, 3.05) is 12.4 Å². The number of benzene rings is 3. The number of rotatable bonds is 6. The lowest BCUT2D eigenvalue weighted by Gasteiger charge is -2.15. The van der Waals surface area contributed by atoms with E-state index < -0.39 is 11.7 Å². The van der Waals surface area contributed by atoms with Crippen molar-refractivity contribution in [1.29, 1.82) is 0 Å². The summed E-state index contributed by atoms with van der Waals surface area (Å²) in [5, 5.41) is 4.79. The van der Waals surface area contributed by atoms with Gasteiger partial charge in [0.15, 0.2) is 0 Å². The van der Waals surface area contributed by atoms with Gasteiger partial charge in [-0.3, -0.25) is 4.79 Å². The van der Waals surface area contributed by atoms with Crippen LogP contribution in [0.3, 0.4) is 0 Å². The van der Waals surface area contributed by atoms with Crippen LogP contribution in [0.1, 0.15) is 18.4 Å². The van der Waals surface area contributed by atoms with Crippen molar-refractivity contribution in [1.82, 2.24) is 0 Å². The maximum Gasteiger partial charge on any atom is 0.288 e. The van der Waals surface area contributed by atoms with E-state index in [1.54, 1.807) is 38.3 Å². The highest BCUT2D eigenvalue weighted by molar-refractivity contribution is 7.99. The number of nitrogens with one attached hydrogen (secondary N) is 1. The Bertz CT molecular complexity index is 962. The van der Waals surface area contributed by atoms with Gasteiger partial charge in [0, 0.05) is 4.90 Å². The molecule has 1 amide bonds. The molecule has 1 unspecified atom stereocenters. The molecule has 3 aromatic carbocycles. The molecule has 1 atom stereocenters. The lowest BCUT2D eigenvalue weighted by atomic mass is 9.97. The molecule has 140 valence electrons. The highest BCUT2D eigenvalue weighted by Gasteiger charge is 2.18. The molecule has 1 N–H and O–H groups in total. The lowest BCUT2D eigenvalue weighted by Crippen LogP contribution is -2.19. The molecule has 0 aliphatic rings. The quantitative estimate of drug-likeness (QED) is 0.535. The number of methoxy groups -OCH3 is 1. The fourth-order valence-corrected chi connectivity index (χ4v) is 3.39. The Morgan fingerprint density at radius 1 is 1.04 bits per heavy atom. The standard InChI is InChI=1S/C21H19F2NO2S/c1-13(14-7-8-16-12-17(26-2)10-9-15(16)11-14)20(25)24-18-5-3-4-6-19(18)27-21(22)23/h3-13,21H,1-2H3,(H,24,25). The molecule has 27 heavy (non-hydrogen) atoms. The molecular formula is C21H19F2NO2S. The summed E-state index contributed by atoms with van der Waals surface area (Å²) in [5.41, 5.74) is 1.24. The predicted octanol–water partition coefficient (Wildman–Crippen LogP) is 5.91. The van der Waals surface area contributed by atoms with E-state index in [4.69, 9.17) is 4.74 Å². The number of anilines is 1. The van der Waals surface area contributed by atoms with E-state index in [2.05, 4.69) is 5.32 Å². The normalized spacial score (nSPS) is 12.2. The van der Waals surface area contributed by atoms with Crippen LogP contribution in [-0.4, -0.2) is 18.8 Å². The Hall–Kier alpha value is -2.60. The van der Waals surface area contributed by atoms with Crippen LogP contribution in [0.2, 0.25) is 0 Å². The Morgan fingerprint density at radius 2 is 1.74 bits per heavy atom. The smallest absolute Gasteiger partial charge is 0.288 e. The summed E-state index contributed by atoms with van der Waals surface area (Å²) in [6, 6.07) is 18.1. The third-order valence-corrected chi connectivity index (χ3v) is 5.11.